The minimum Gasteiger partial charge on any atom is -0.312 e. The minimum atomic E-state index is 0.227. The highest BCUT2D eigenvalue weighted by molar-refractivity contribution is 5.95. The molecule has 0 spiro atoms. The molecule has 1 N–H and O–H groups in total. The Bertz CT molecular complexity index is 752. The van der Waals surface area contributed by atoms with E-state index in [0.29, 0.717) is 12.5 Å². The average molecular weight is 352 g/mol. The number of hydrogen-bond donors (Lipinski definition) is 1. The van der Waals surface area contributed by atoms with Crippen LogP contribution in [0.5, 0.6) is 0 Å². The van der Waals surface area contributed by atoms with Gasteiger partial charge in [0.15, 0.2) is 0 Å². The number of carbonyl (C=O) groups excluding carboxylic acids is 1. The van der Waals surface area contributed by atoms with Crippen LogP contribution in [0.2, 0.25) is 0 Å². The zero-order valence-electron chi connectivity index (χ0n) is 15.7. The molecule has 1 aromatic heterocycles. The Kier molecular flexibility index (Phi) is 4.81. The molecule has 4 rings (SSSR count). The number of fused-ring (bicyclic) bond motifs is 1. The molecule has 138 valence electrons. The van der Waals surface area contributed by atoms with Crippen LogP contribution in [0.1, 0.15) is 50.8 Å². The van der Waals surface area contributed by atoms with Crippen LogP contribution < -0.4 is 10.2 Å². The van der Waals surface area contributed by atoms with Crippen molar-refractivity contribution in [3.63, 3.8) is 0 Å². The van der Waals surface area contributed by atoms with Crippen molar-refractivity contribution in [1.29, 1.82) is 0 Å². The van der Waals surface area contributed by atoms with E-state index < -0.39 is 0 Å². The van der Waals surface area contributed by atoms with Crippen LogP contribution in [0.3, 0.4) is 0 Å². The van der Waals surface area contributed by atoms with Gasteiger partial charge in [0, 0.05) is 37.4 Å². The molecule has 2 aromatic rings. The number of anilines is 1. The molecule has 1 atom stereocenters. The molecule has 1 unspecified atom stereocenters. The molecule has 5 nitrogen and oxygen atoms in total. The lowest BCUT2D eigenvalue weighted by molar-refractivity contribution is -0.117. The first-order valence-corrected chi connectivity index (χ1v) is 9.82. The quantitative estimate of drug-likeness (QED) is 0.917. The molecular formula is C21H28N4O. The normalized spacial score (nSPS) is 20.5. The van der Waals surface area contributed by atoms with Gasteiger partial charge in [-0.05, 0) is 61.4 Å². The lowest BCUT2D eigenvalue weighted by Gasteiger charge is -2.17. The molecular weight excluding hydrogens is 324 g/mol. The third-order valence-electron chi connectivity index (χ3n) is 5.45. The first kappa shape index (κ1) is 17.3. The van der Waals surface area contributed by atoms with Gasteiger partial charge < -0.3 is 10.2 Å². The van der Waals surface area contributed by atoms with Crippen molar-refractivity contribution in [2.75, 3.05) is 11.4 Å². The van der Waals surface area contributed by atoms with Crippen molar-refractivity contribution in [3.8, 4) is 5.69 Å². The highest BCUT2D eigenvalue weighted by Crippen LogP contribution is 2.24. The Labute approximate surface area is 155 Å². The van der Waals surface area contributed by atoms with E-state index in [4.69, 9.17) is 5.10 Å². The molecule has 1 aromatic carbocycles. The molecule has 2 aliphatic rings. The average Bonchev–Trinajstić information content (AvgIpc) is 3.19. The number of benzene rings is 1. The summed E-state index contributed by atoms with van der Waals surface area (Å²) in [5, 5.41) is 8.48. The molecule has 0 radical (unpaired) electrons. The van der Waals surface area contributed by atoms with Gasteiger partial charge in [-0.3, -0.25) is 4.79 Å². The van der Waals surface area contributed by atoms with Gasteiger partial charge in [-0.25, -0.2) is 4.68 Å². The summed E-state index contributed by atoms with van der Waals surface area (Å²) >= 11 is 0. The summed E-state index contributed by atoms with van der Waals surface area (Å²) in [5.41, 5.74) is 4.55. The van der Waals surface area contributed by atoms with Crippen LogP contribution >= 0.6 is 0 Å². The Hall–Kier alpha value is -2.14. The number of hydrogen-bond acceptors (Lipinski definition) is 3. The number of aryl methyl sites for hydroxylation is 1. The Morgan fingerprint density at radius 1 is 1.19 bits per heavy atom. The van der Waals surface area contributed by atoms with E-state index in [9.17, 15) is 4.79 Å². The summed E-state index contributed by atoms with van der Waals surface area (Å²) < 4.78 is 1.98. The maximum absolute atomic E-state index is 11.9. The zero-order chi connectivity index (χ0) is 18.1. The number of carbonyl (C=O) groups is 1. The monoisotopic (exact) mass is 352 g/mol. The molecule has 1 saturated heterocycles. The third-order valence-corrected chi connectivity index (χ3v) is 5.45. The summed E-state index contributed by atoms with van der Waals surface area (Å²) in [6, 6.07) is 8.77. The van der Waals surface area contributed by atoms with Crippen LogP contribution in [0, 0.1) is 5.92 Å². The largest absolute Gasteiger partial charge is 0.312 e. The number of aromatic nitrogens is 2. The number of amides is 1. The Morgan fingerprint density at radius 2 is 1.96 bits per heavy atom. The molecule has 1 fully saturated rings. The van der Waals surface area contributed by atoms with E-state index in [0.717, 1.165) is 48.9 Å². The first-order chi connectivity index (χ1) is 12.6. The second-order valence-electron chi connectivity index (χ2n) is 7.96. The van der Waals surface area contributed by atoms with Crippen molar-refractivity contribution in [2.45, 2.75) is 58.5 Å². The predicted molar refractivity (Wildman–Crippen MR) is 104 cm³/mol. The van der Waals surface area contributed by atoms with Gasteiger partial charge in [0.25, 0.3) is 0 Å². The molecule has 26 heavy (non-hydrogen) atoms. The summed E-state index contributed by atoms with van der Waals surface area (Å²) in [7, 11) is 0. The van der Waals surface area contributed by atoms with E-state index in [2.05, 4.69) is 37.5 Å². The summed E-state index contributed by atoms with van der Waals surface area (Å²) in [6.45, 7) is 6.24. The topological polar surface area (TPSA) is 50.2 Å². The van der Waals surface area contributed by atoms with Crippen molar-refractivity contribution in [3.05, 3.63) is 41.7 Å². The van der Waals surface area contributed by atoms with E-state index in [-0.39, 0.29) is 5.91 Å². The highest BCUT2D eigenvalue weighted by atomic mass is 16.2. The lowest BCUT2D eigenvalue weighted by Crippen LogP contribution is -2.29. The van der Waals surface area contributed by atoms with Gasteiger partial charge in [0.05, 0.1) is 11.4 Å². The summed E-state index contributed by atoms with van der Waals surface area (Å²) in [4.78, 5) is 13.8. The number of rotatable bonds is 4. The zero-order valence-corrected chi connectivity index (χ0v) is 15.7. The molecule has 0 bridgehead atoms. The van der Waals surface area contributed by atoms with Crippen LogP contribution in [-0.4, -0.2) is 28.3 Å². The van der Waals surface area contributed by atoms with E-state index >= 15 is 0 Å². The maximum Gasteiger partial charge on any atom is 0.227 e. The summed E-state index contributed by atoms with van der Waals surface area (Å²) in [5.74, 6) is 0.949. The van der Waals surface area contributed by atoms with Crippen molar-refractivity contribution in [2.24, 2.45) is 5.92 Å². The molecule has 3 heterocycles. The fourth-order valence-electron chi connectivity index (χ4n) is 4.08. The van der Waals surface area contributed by atoms with Gasteiger partial charge in [-0.2, -0.15) is 5.10 Å². The molecule has 0 saturated carbocycles. The molecule has 2 aliphatic heterocycles. The Balaban J connectivity index is 1.48. The van der Waals surface area contributed by atoms with Gasteiger partial charge >= 0.3 is 0 Å². The van der Waals surface area contributed by atoms with Gasteiger partial charge in [0.1, 0.15) is 0 Å². The minimum absolute atomic E-state index is 0.227. The first-order valence-electron chi connectivity index (χ1n) is 9.82. The van der Waals surface area contributed by atoms with Crippen LogP contribution in [-0.2, 0) is 17.8 Å². The highest BCUT2D eigenvalue weighted by Gasteiger charge is 2.22. The van der Waals surface area contributed by atoms with E-state index in [1.807, 2.05) is 21.7 Å². The maximum atomic E-state index is 11.9. The lowest BCUT2D eigenvalue weighted by atomic mass is 9.99. The second kappa shape index (κ2) is 7.23. The van der Waals surface area contributed by atoms with Crippen LogP contribution in [0.25, 0.3) is 5.69 Å². The smallest absolute Gasteiger partial charge is 0.227 e. The third kappa shape index (κ3) is 3.54. The molecule has 1 amide bonds. The van der Waals surface area contributed by atoms with E-state index in [1.54, 1.807) is 0 Å². The molecule has 0 aliphatic carbocycles. The van der Waals surface area contributed by atoms with Crippen molar-refractivity contribution in [1.82, 2.24) is 15.1 Å². The fourth-order valence-corrected chi connectivity index (χ4v) is 4.08. The number of nitrogens with one attached hydrogen (secondary N) is 1. The Morgan fingerprint density at radius 3 is 2.65 bits per heavy atom. The molecule has 5 heteroatoms. The predicted octanol–water partition coefficient (Wildman–Crippen LogP) is 3.45. The van der Waals surface area contributed by atoms with Gasteiger partial charge in [-0.1, -0.05) is 13.8 Å². The van der Waals surface area contributed by atoms with Crippen molar-refractivity contribution < 1.29 is 4.79 Å². The SMILES string of the molecule is CC(C)CC1CCc2cn(-c3ccc(N4CCCC4=O)cc3)nc2CN1. The van der Waals surface area contributed by atoms with Crippen molar-refractivity contribution >= 4 is 11.6 Å². The standard InChI is InChI=1S/C21H28N4O/c1-15(2)12-17-6-5-16-14-25(23-20(16)13-22-17)19-9-7-18(8-10-19)24-11-3-4-21(24)26/h7-10,14-15,17,22H,3-6,11-13H2,1-2H3. The second-order valence-corrected chi connectivity index (χ2v) is 7.96. The van der Waals surface area contributed by atoms with E-state index in [1.165, 1.54) is 18.4 Å². The van der Waals surface area contributed by atoms with Gasteiger partial charge in [-0.15, -0.1) is 0 Å². The van der Waals surface area contributed by atoms with Crippen LogP contribution in [0.15, 0.2) is 30.5 Å². The van der Waals surface area contributed by atoms with Crippen LogP contribution in [0.4, 0.5) is 5.69 Å². The number of nitrogens with zero attached hydrogens (tertiary/aromatic N) is 3. The van der Waals surface area contributed by atoms with Gasteiger partial charge in [0.2, 0.25) is 5.91 Å². The fraction of sp³-hybridized carbons (Fsp3) is 0.524. The summed E-state index contributed by atoms with van der Waals surface area (Å²) in [6.07, 6.45) is 7.27.